The minimum absolute atomic E-state index is 0.0721. The van der Waals surface area contributed by atoms with Gasteiger partial charge in [0, 0.05) is 10.2 Å². The summed E-state index contributed by atoms with van der Waals surface area (Å²) in [7, 11) is 0. The van der Waals surface area contributed by atoms with Gasteiger partial charge in [-0.3, -0.25) is 4.79 Å². The van der Waals surface area contributed by atoms with Crippen LogP contribution in [0.5, 0.6) is 0 Å². The molecular formula is C14H19BrN2O. The Hall–Kier alpha value is -0.870. The van der Waals surface area contributed by atoms with Gasteiger partial charge in [-0.25, -0.2) is 0 Å². The minimum atomic E-state index is -0.0721. The zero-order valence-electron chi connectivity index (χ0n) is 10.8. The third-order valence-corrected chi connectivity index (χ3v) is 4.44. The SMILES string of the molecule is Cc1c(Br)cccc1NC(=O)C1NCCCC1C. The molecule has 4 heteroatoms. The van der Waals surface area contributed by atoms with E-state index in [-0.39, 0.29) is 11.9 Å². The Bertz CT molecular complexity index is 447. The number of nitrogens with one attached hydrogen (secondary N) is 2. The second-order valence-electron chi connectivity index (χ2n) is 4.95. The minimum Gasteiger partial charge on any atom is -0.324 e. The van der Waals surface area contributed by atoms with Gasteiger partial charge in [0.05, 0.1) is 6.04 Å². The smallest absolute Gasteiger partial charge is 0.241 e. The van der Waals surface area contributed by atoms with E-state index in [9.17, 15) is 4.79 Å². The van der Waals surface area contributed by atoms with Crippen molar-refractivity contribution in [3.05, 3.63) is 28.2 Å². The molecular weight excluding hydrogens is 292 g/mol. The molecule has 0 spiro atoms. The first-order valence-electron chi connectivity index (χ1n) is 6.39. The van der Waals surface area contributed by atoms with Gasteiger partial charge in [-0.1, -0.05) is 28.9 Å². The average molecular weight is 311 g/mol. The predicted octanol–water partition coefficient (Wildman–Crippen LogP) is 3.08. The van der Waals surface area contributed by atoms with Crippen molar-refractivity contribution in [1.82, 2.24) is 5.32 Å². The zero-order chi connectivity index (χ0) is 13.1. The molecule has 0 aromatic heterocycles. The van der Waals surface area contributed by atoms with E-state index in [1.807, 2.05) is 25.1 Å². The first-order valence-corrected chi connectivity index (χ1v) is 7.18. The van der Waals surface area contributed by atoms with E-state index in [0.717, 1.165) is 35.1 Å². The Morgan fingerprint density at radius 3 is 3.00 bits per heavy atom. The molecule has 0 bridgehead atoms. The Kier molecular flexibility index (Phi) is 4.40. The number of halogens is 1. The fraction of sp³-hybridized carbons (Fsp3) is 0.500. The summed E-state index contributed by atoms with van der Waals surface area (Å²) >= 11 is 3.48. The summed E-state index contributed by atoms with van der Waals surface area (Å²) < 4.78 is 1.02. The van der Waals surface area contributed by atoms with E-state index in [1.54, 1.807) is 0 Å². The van der Waals surface area contributed by atoms with Gasteiger partial charge in [-0.05, 0) is 49.9 Å². The fourth-order valence-corrected chi connectivity index (χ4v) is 2.72. The maximum Gasteiger partial charge on any atom is 0.241 e. The van der Waals surface area contributed by atoms with Crippen molar-refractivity contribution in [2.45, 2.75) is 32.7 Å². The number of anilines is 1. The van der Waals surface area contributed by atoms with E-state index in [2.05, 4.69) is 33.5 Å². The first-order chi connectivity index (χ1) is 8.59. The van der Waals surface area contributed by atoms with Crippen molar-refractivity contribution in [2.75, 3.05) is 11.9 Å². The summed E-state index contributed by atoms with van der Waals surface area (Å²) in [6, 6.07) is 5.78. The molecule has 2 atom stereocenters. The number of piperidine rings is 1. The van der Waals surface area contributed by atoms with Crippen LogP contribution in [0.25, 0.3) is 0 Å². The number of hydrogen-bond acceptors (Lipinski definition) is 2. The molecule has 1 saturated heterocycles. The topological polar surface area (TPSA) is 41.1 Å². The lowest BCUT2D eigenvalue weighted by Gasteiger charge is -2.29. The van der Waals surface area contributed by atoms with E-state index in [4.69, 9.17) is 0 Å². The van der Waals surface area contributed by atoms with Crippen LogP contribution in [0, 0.1) is 12.8 Å². The maximum absolute atomic E-state index is 12.3. The van der Waals surface area contributed by atoms with Gasteiger partial charge < -0.3 is 10.6 Å². The van der Waals surface area contributed by atoms with Gasteiger partial charge in [0.25, 0.3) is 0 Å². The summed E-state index contributed by atoms with van der Waals surface area (Å²) in [5, 5.41) is 6.32. The quantitative estimate of drug-likeness (QED) is 0.881. The van der Waals surface area contributed by atoms with Crippen molar-refractivity contribution >= 4 is 27.5 Å². The van der Waals surface area contributed by atoms with Crippen molar-refractivity contribution in [1.29, 1.82) is 0 Å². The molecule has 1 heterocycles. The molecule has 1 fully saturated rings. The Balaban J connectivity index is 2.09. The van der Waals surface area contributed by atoms with Crippen LogP contribution in [0.1, 0.15) is 25.3 Å². The van der Waals surface area contributed by atoms with E-state index >= 15 is 0 Å². The summed E-state index contributed by atoms with van der Waals surface area (Å²) in [5.74, 6) is 0.467. The summed E-state index contributed by atoms with van der Waals surface area (Å²) in [4.78, 5) is 12.3. The number of benzene rings is 1. The van der Waals surface area contributed by atoms with Gasteiger partial charge in [0.1, 0.15) is 0 Å². The van der Waals surface area contributed by atoms with E-state index in [0.29, 0.717) is 5.92 Å². The van der Waals surface area contributed by atoms with Crippen LogP contribution in [-0.4, -0.2) is 18.5 Å². The second-order valence-corrected chi connectivity index (χ2v) is 5.81. The number of hydrogen-bond donors (Lipinski definition) is 2. The number of carbonyl (C=O) groups is 1. The highest BCUT2D eigenvalue weighted by Crippen LogP contribution is 2.24. The van der Waals surface area contributed by atoms with Crippen LogP contribution >= 0.6 is 15.9 Å². The lowest BCUT2D eigenvalue weighted by atomic mass is 9.92. The Labute approximate surface area is 116 Å². The molecule has 0 aliphatic carbocycles. The maximum atomic E-state index is 12.3. The van der Waals surface area contributed by atoms with Crippen molar-refractivity contribution < 1.29 is 4.79 Å². The fourth-order valence-electron chi connectivity index (χ4n) is 2.35. The van der Waals surface area contributed by atoms with Crippen molar-refractivity contribution in [3.8, 4) is 0 Å². The highest BCUT2D eigenvalue weighted by molar-refractivity contribution is 9.10. The largest absolute Gasteiger partial charge is 0.324 e. The molecule has 2 unspecified atom stereocenters. The Morgan fingerprint density at radius 1 is 1.50 bits per heavy atom. The normalized spacial score (nSPS) is 23.7. The van der Waals surface area contributed by atoms with E-state index in [1.165, 1.54) is 0 Å². The third-order valence-electron chi connectivity index (χ3n) is 3.58. The molecule has 1 aliphatic rings. The molecule has 0 saturated carbocycles. The average Bonchev–Trinajstić information content (AvgIpc) is 2.35. The van der Waals surface area contributed by atoms with Gasteiger partial charge in [-0.15, -0.1) is 0 Å². The van der Waals surface area contributed by atoms with Gasteiger partial charge in [-0.2, -0.15) is 0 Å². The van der Waals surface area contributed by atoms with Crippen LogP contribution in [0.4, 0.5) is 5.69 Å². The van der Waals surface area contributed by atoms with Crippen LogP contribution < -0.4 is 10.6 Å². The third kappa shape index (κ3) is 2.93. The zero-order valence-corrected chi connectivity index (χ0v) is 12.4. The van der Waals surface area contributed by atoms with Crippen LogP contribution in [0.3, 0.4) is 0 Å². The summed E-state index contributed by atoms with van der Waals surface area (Å²) in [6.07, 6.45) is 2.27. The van der Waals surface area contributed by atoms with E-state index < -0.39 is 0 Å². The van der Waals surface area contributed by atoms with Gasteiger partial charge >= 0.3 is 0 Å². The molecule has 1 aromatic rings. The lowest BCUT2D eigenvalue weighted by Crippen LogP contribution is -2.48. The Morgan fingerprint density at radius 2 is 2.28 bits per heavy atom. The molecule has 1 aliphatic heterocycles. The molecule has 0 radical (unpaired) electrons. The van der Waals surface area contributed by atoms with Crippen molar-refractivity contribution in [3.63, 3.8) is 0 Å². The summed E-state index contributed by atoms with van der Waals surface area (Å²) in [5.41, 5.74) is 1.95. The predicted molar refractivity (Wildman–Crippen MR) is 77.7 cm³/mol. The number of rotatable bonds is 2. The molecule has 1 aromatic carbocycles. The molecule has 2 rings (SSSR count). The van der Waals surface area contributed by atoms with Crippen LogP contribution in [0.15, 0.2) is 22.7 Å². The highest BCUT2D eigenvalue weighted by Gasteiger charge is 2.27. The molecule has 1 amide bonds. The second kappa shape index (κ2) is 5.85. The molecule has 98 valence electrons. The molecule has 3 nitrogen and oxygen atoms in total. The first kappa shape index (κ1) is 13.6. The highest BCUT2D eigenvalue weighted by atomic mass is 79.9. The number of carbonyl (C=O) groups excluding carboxylic acids is 1. The molecule has 18 heavy (non-hydrogen) atoms. The van der Waals surface area contributed by atoms with Crippen LogP contribution in [-0.2, 0) is 4.79 Å². The van der Waals surface area contributed by atoms with Gasteiger partial charge in [0.2, 0.25) is 5.91 Å². The number of amides is 1. The standard InChI is InChI=1S/C14H19BrN2O/c1-9-5-4-8-16-13(9)14(18)17-12-7-3-6-11(15)10(12)2/h3,6-7,9,13,16H,4-5,8H2,1-2H3,(H,17,18). The van der Waals surface area contributed by atoms with Crippen molar-refractivity contribution in [2.24, 2.45) is 5.92 Å². The van der Waals surface area contributed by atoms with Crippen LogP contribution in [0.2, 0.25) is 0 Å². The van der Waals surface area contributed by atoms with Gasteiger partial charge in [0.15, 0.2) is 0 Å². The lowest BCUT2D eigenvalue weighted by molar-refractivity contribution is -0.119. The summed E-state index contributed by atoms with van der Waals surface area (Å²) in [6.45, 7) is 5.06. The monoisotopic (exact) mass is 310 g/mol. The molecule has 2 N–H and O–H groups in total.